The van der Waals surface area contributed by atoms with E-state index in [9.17, 15) is 4.79 Å². The lowest BCUT2D eigenvalue weighted by Gasteiger charge is -2.05. The summed E-state index contributed by atoms with van der Waals surface area (Å²) in [7, 11) is 0. The molecular formula is C14H18N2O2. The number of hydrogen-bond donors (Lipinski definition) is 1. The summed E-state index contributed by atoms with van der Waals surface area (Å²) in [6, 6.07) is 9.40. The van der Waals surface area contributed by atoms with Gasteiger partial charge in [-0.25, -0.2) is 0 Å². The maximum absolute atomic E-state index is 11.6. The second-order valence-corrected chi connectivity index (χ2v) is 4.57. The van der Waals surface area contributed by atoms with E-state index in [0.717, 1.165) is 11.5 Å². The monoisotopic (exact) mass is 246 g/mol. The number of pyridine rings is 1. The molecule has 0 amide bonds. The lowest BCUT2D eigenvalue weighted by Crippen LogP contribution is -2.21. The first-order valence-electron chi connectivity index (χ1n) is 6.11. The average molecular weight is 246 g/mol. The molecule has 0 spiro atoms. The highest BCUT2D eigenvalue weighted by atomic mass is 16.3. The molecule has 0 saturated heterocycles. The Bertz CT molecular complexity index is 555. The van der Waals surface area contributed by atoms with Crippen LogP contribution in [0.3, 0.4) is 0 Å². The lowest BCUT2D eigenvalue weighted by molar-refractivity contribution is 0.426. The van der Waals surface area contributed by atoms with E-state index in [2.05, 4.69) is 19.2 Å². The molecule has 2 rings (SSSR count). The second-order valence-electron chi connectivity index (χ2n) is 4.57. The van der Waals surface area contributed by atoms with E-state index in [-0.39, 0.29) is 5.56 Å². The lowest BCUT2D eigenvalue weighted by atomic mass is 10.3. The van der Waals surface area contributed by atoms with Gasteiger partial charge in [0.15, 0.2) is 0 Å². The zero-order valence-corrected chi connectivity index (χ0v) is 10.7. The Morgan fingerprint density at radius 2 is 2.00 bits per heavy atom. The Balaban J connectivity index is 2.03. The van der Waals surface area contributed by atoms with Crippen molar-refractivity contribution in [3.63, 3.8) is 0 Å². The zero-order valence-electron chi connectivity index (χ0n) is 10.7. The molecule has 0 aliphatic heterocycles. The number of rotatable bonds is 5. The molecule has 0 bridgehead atoms. The van der Waals surface area contributed by atoms with Crippen molar-refractivity contribution in [3.8, 4) is 0 Å². The normalized spacial score (nSPS) is 11.1. The average Bonchev–Trinajstić information content (AvgIpc) is 2.77. The van der Waals surface area contributed by atoms with Gasteiger partial charge in [-0.3, -0.25) is 4.79 Å². The van der Waals surface area contributed by atoms with Crippen molar-refractivity contribution in [2.45, 2.75) is 33.0 Å². The van der Waals surface area contributed by atoms with Gasteiger partial charge >= 0.3 is 0 Å². The number of aromatic nitrogens is 1. The van der Waals surface area contributed by atoms with Gasteiger partial charge in [0.1, 0.15) is 11.5 Å². The summed E-state index contributed by atoms with van der Waals surface area (Å²) in [6.07, 6.45) is 1.76. The van der Waals surface area contributed by atoms with Gasteiger partial charge < -0.3 is 14.3 Å². The number of nitrogens with zero attached hydrogens (tertiary/aromatic N) is 1. The highest BCUT2D eigenvalue weighted by molar-refractivity contribution is 5.08. The van der Waals surface area contributed by atoms with Crippen molar-refractivity contribution in [3.05, 3.63) is 58.4 Å². The molecule has 2 heterocycles. The molecule has 96 valence electrons. The molecule has 2 aromatic rings. The molecule has 0 fully saturated rings. The Kier molecular flexibility index (Phi) is 3.99. The first-order valence-corrected chi connectivity index (χ1v) is 6.11. The van der Waals surface area contributed by atoms with Crippen LogP contribution in [-0.4, -0.2) is 10.6 Å². The SMILES string of the molecule is CC(C)NCc1ccc(Cn2ccccc2=O)o1. The van der Waals surface area contributed by atoms with Crippen LogP contribution in [-0.2, 0) is 13.1 Å². The molecular weight excluding hydrogens is 228 g/mol. The van der Waals surface area contributed by atoms with Gasteiger partial charge in [-0.1, -0.05) is 19.9 Å². The standard InChI is InChI=1S/C14H18N2O2/c1-11(2)15-9-12-6-7-13(18-12)10-16-8-4-3-5-14(16)17/h3-8,11,15H,9-10H2,1-2H3. The van der Waals surface area contributed by atoms with Crippen LogP contribution in [0.25, 0.3) is 0 Å². The van der Waals surface area contributed by atoms with E-state index < -0.39 is 0 Å². The van der Waals surface area contributed by atoms with E-state index >= 15 is 0 Å². The fourth-order valence-electron chi connectivity index (χ4n) is 1.67. The Labute approximate surface area is 106 Å². The summed E-state index contributed by atoms with van der Waals surface area (Å²) < 4.78 is 7.29. The molecule has 0 saturated carbocycles. The summed E-state index contributed by atoms with van der Waals surface area (Å²) in [4.78, 5) is 11.6. The summed E-state index contributed by atoms with van der Waals surface area (Å²) in [5, 5.41) is 3.29. The maximum Gasteiger partial charge on any atom is 0.250 e. The third-order valence-corrected chi connectivity index (χ3v) is 2.63. The van der Waals surface area contributed by atoms with E-state index in [4.69, 9.17) is 4.42 Å². The summed E-state index contributed by atoms with van der Waals surface area (Å²) in [6.45, 7) is 5.36. The Morgan fingerprint density at radius 3 is 2.72 bits per heavy atom. The van der Waals surface area contributed by atoms with Crippen LogP contribution in [0.4, 0.5) is 0 Å². The van der Waals surface area contributed by atoms with Crippen molar-refractivity contribution >= 4 is 0 Å². The molecule has 0 aliphatic carbocycles. The third-order valence-electron chi connectivity index (χ3n) is 2.63. The van der Waals surface area contributed by atoms with Crippen molar-refractivity contribution in [2.24, 2.45) is 0 Å². The molecule has 1 N–H and O–H groups in total. The van der Waals surface area contributed by atoms with Crippen LogP contribution in [0.5, 0.6) is 0 Å². The van der Waals surface area contributed by atoms with Crippen molar-refractivity contribution < 1.29 is 4.42 Å². The highest BCUT2D eigenvalue weighted by Gasteiger charge is 2.04. The van der Waals surface area contributed by atoms with Crippen molar-refractivity contribution in [1.29, 1.82) is 0 Å². The third kappa shape index (κ3) is 3.34. The Hall–Kier alpha value is -1.81. The minimum atomic E-state index is -0.0178. The molecule has 0 aromatic carbocycles. The predicted molar refractivity (Wildman–Crippen MR) is 70.5 cm³/mol. The molecule has 0 aliphatic rings. The first kappa shape index (κ1) is 12.6. The number of furan rings is 1. The van der Waals surface area contributed by atoms with Gasteiger partial charge in [0.05, 0.1) is 13.1 Å². The smallest absolute Gasteiger partial charge is 0.250 e. The second kappa shape index (κ2) is 5.69. The van der Waals surface area contributed by atoms with E-state index in [1.807, 2.05) is 18.2 Å². The largest absolute Gasteiger partial charge is 0.463 e. The fraction of sp³-hybridized carbons (Fsp3) is 0.357. The van der Waals surface area contributed by atoms with Crippen LogP contribution in [0.1, 0.15) is 25.4 Å². The summed E-state index contributed by atoms with van der Waals surface area (Å²) >= 11 is 0. The number of nitrogens with one attached hydrogen (secondary N) is 1. The van der Waals surface area contributed by atoms with Gasteiger partial charge in [-0.05, 0) is 18.2 Å². The number of hydrogen-bond acceptors (Lipinski definition) is 3. The first-order chi connectivity index (χ1) is 8.65. The van der Waals surface area contributed by atoms with Gasteiger partial charge in [-0.2, -0.15) is 0 Å². The molecule has 0 unspecified atom stereocenters. The summed E-state index contributed by atoms with van der Waals surface area (Å²) in [5.41, 5.74) is -0.0178. The highest BCUT2D eigenvalue weighted by Crippen LogP contribution is 2.08. The van der Waals surface area contributed by atoms with E-state index in [1.165, 1.54) is 0 Å². The van der Waals surface area contributed by atoms with Gasteiger partial charge in [0, 0.05) is 18.3 Å². The fourth-order valence-corrected chi connectivity index (χ4v) is 1.67. The van der Waals surface area contributed by atoms with Crippen LogP contribution < -0.4 is 10.9 Å². The van der Waals surface area contributed by atoms with Gasteiger partial charge in [0.25, 0.3) is 5.56 Å². The molecule has 4 heteroatoms. The van der Waals surface area contributed by atoms with Crippen LogP contribution in [0, 0.1) is 0 Å². The summed E-state index contributed by atoms with van der Waals surface area (Å²) in [5.74, 6) is 1.69. The van der Waals surface area contributed by atoms with E-state index in [0.29, 0.717) is 19.1 Å². The van der Waals surface area contributed by atoms with Crippen LogP contribution >= 0.6 is 0 Å². The predicted octanol–water partition coefficient (Wildman–Crippen LogP) is 1.99. The zero-order chi connectivity index (χ0) is 13.0. The van der Waals surface area contributed by atoms with Crippen molar-refractivity contribution in [2.75, 3.05) is 0 Å². The molecule has 18 heavy (non-hydrogen) atoms. The van der Waals surface area contributed by atoms with Crippen LogP contribution in [0.15, 0.2) is 45.7 Å². The molecule has 4 nitrogen and oxygen atoms in total. The van der Waals surface area contributed by atoms with Crippen molar-refractivity contribution in [1.82, 2.24) is 9.88 Å². The van der Waals surface area contributed by atoms with Crippen LogP contribution in [0.2, 0.25) is 0 Å². The minimum absolute atomic E-state index is 0.0178. The van der Waals surface area contributed by atoms with E-state index in [1.54, 1.807) is 22.9 Å². The molecule has 2 aromatic heterocycles. The van der Waals surface area contributed by atoms with Gasteiger partial charge in [-0.15, -0.1) is 0 Å². The maximum atomic E-state index is 11.6. The quantitative estimate of drug-likeness (QED) is 0.877. The molecule has 0 radical (unpaired) electrons. The molecule has 0 atom stereocenters. The Morgan fingerprint density at radius 1 is 1.22 bits per heavy atom. The van der Waals surface area contributed by atoms with Gasteiger partial charge in [0.2, 0.25) is 0 Å². The minimum Gasteiger partial charge on any atom is -0.463 e. The topological polar surface area (TPSA) is 47.2 Å².